The highest BCUT2D eigenvalue weighted by Crippen LogP contribution is 2.33. The number of likely N-dealkylation sites (tertiary alicyclic amines) is 1. The van der Waals surface area contributed by atoms with Crippen molar-refractivity contribution in [3.8, 4) is 0 Å². The van der Waals surface area contributed by atoms with Crippen molar-refractivity contribution in [3.63, 3.8) is 0 Å². The summed E-state index contributed by atoms with van der Waals surface area (Å²) < 4.78 is 38.3. The fourth-order valence-electron chi connectivity index (χ4n) is 2.71. The highest BCUT2D eigenvalue weighted by molar-refractivity contribution is 4.82. The van der Waals surface area contributed by atoms with Crippen LogP contribution in [-0.2, 0) is 0 Å². The van der Waals surface area contributed by atoms with Crippen molar-refractivity contribution in [1.29, 1.82) is 0 Å². The zero-order valence-corrected chi connectivity index (χ0v) is 12.3. The normalized spacial score (nSPS) is 25.3. The predicted octanol–water partition coefficient (Wildman–Crippen LogP) is 3.43. The molecule has 0 aromatic heterocycles. The number of nitrogens with one attached hydrogen (secondary N) is 1. The smallest absolute Gasteiger partial charge is 0.313 e. The van der Waals surface area contributed by atoms with Crippen LogP contribution in [0.5, 0.6) is 0 Å². The van der Waals surface area contributed by atoms with Crippen LogP contribution < -0.4 is 5.32 Å². The molecule has 0 radical (unpaired) electrons. The summed E-state index contributed by atoms with van der Waals surface area (Å²) in [4.78, 5) is 1.98. The maximum Gasteiger partial charge on any atom is 0.393 e. The summed E-state index contributed by atoms with van der Waals surface area (Å²) in [6, 6.07) is 0.611. The largest absolute Gasteiger partial charge is 0.393 e. The molecule has 3 unspecified atom stereocenters. The summed E-state index contributed by atoms with van der Waals surface area (Å²) in [6.07, 6.45) is -0.868. The fourth-order valence-corrected chi connectivity index (χ4v) is 2.71. The molecule has 114 valence electrons. The second kappa shape index (κ2) is 7.48. The van der Waals surface area contributed by atoms with E-state index in [4.69, 9.17) is 0 Å². The van der Waals surface area contributed by atoms with Gasteiger partial charge in [0, 0.05) is 25.2 Å². The molecule has 0 aromatic rings. The van der Waals surface area contributed by atoms with Gasteiger partial charge in [-0.1, -0.05) is 13.3 Å². The second-order valence-electron chi connectivity index (χ2n) is 5.82. The van der Waals surface area contributed by atoms with Gasteiger partial charge in [-0.3, -0.25) is 4.90 Å². The van der Waals surface area contributed by atoms with E-state index in [0.29, 0.717) is 12.5 Å². The first kappa shape index (κ1) is 16.8. The molecule has 1 aliphatic heterocycles. The monoisotopic (exact) mass is 280 g/mol. The van der Waals surface area contributed by atoms with E-state index in [9.17, 15) is 13.2 Å². The minimum atomic E-state index is -4.04. The molecule has 0 aromatic carbocycles. The maximum atomic E-state index is 12.8. The van der Waals surface area contributed by atoms with Crippen molar-refractivity contribution in [1.82, 2.24) is 10.2 Å². The lowest BCUT2D eigenvalue weighted by Gasteiger charge is -2.37. The Bertz CT molecular complexity index is 256. The average molecular weight is 280 g/mol. The summed E-state index contributed by atoms with van der Waals surface area (Å²) in [5.41, 5.74) is 0. The summed E-state index contributed by atoms with van der Waals surface area (Å²) >= 11 is 0. The first-order chi connectivity index (χ1) is 8.84. The quantitative estimate of drug-likeness (QED) is 0.802. The fraction of sp³-hybridized carbons (Fsp3) is 1.00. The van der Waals surface area contributed by atoms with E-state index in [1.54, 1.807) is 0 Å². The van der Waals surface area contributed by atoms with Gasteiger partial charge in [0.05, 0.1) is 5.92 Å². The van der Waals surface area contributed by atoms with Crippen molar-refractivity contribution >= 4 is 0 Å². The van der Waals surface area contributed by atoms with Gasteiger partial charge >= 0.3 is 6.18 Å². The summed E-state index contributed by atoms with van der Waals surface area (Å²) in [5, 5.41) is 3.41. The average Bonchev–Trinajstić information content (AvgIpc) is 2.35. The third kappa shape index (κ3) is 5.69. The molecule has 0 bridgehead atoms. The first-order valence-corrected chi connectivity index (χ1v) is 7.38. The number of hydrogen-bond acceptors (Lipinski definition) is 2. The van der Waals surface area contributed by atoms with Crippen LogP contribution in [0.2, 0.25) is 0 Å². The Morgan fingerprint density at radius 1 is 1.32 bits per heavy atom. The molecule has 3 atom stereocenters. The number of piperidine rings is 1. The Balaban J connectivity index is 2.37. The number of hydrogen-bond donors (Lipinski definition) is 1. The van der Waals surface area contributed by atoms with Crippen LogP contribution in [0.4, 0.5) is 13.2 Å². The van der Waals surface area contributed by atoms with E-state index >= 15 is 0 Å². The molecule has 0 spiro atoms. The SMILES string of the molecule is CCCC(C)NCC(C)N1CCCC(C(F)(F)F)C1. The minimum absolute atomic E-state index is 0.161. The van der Waals surface area contributed by atoms with E-state index < -0.39 is 12.1 Å². The van der Waals surface area contributed by atoms with Gasteiger partial charge in [-0.05, 0) is 39.7 Å². The summed E-state index contributed by atoms with van der Waals surface area (Å²) in [6.45, 7) is 8.01. The predicted molar refractivity (Wildman–Crippen MR) is 72.2 cm³/mol. The second-order valence-corrected chi connectivity index (χ2v) is 5.82. The van der Waals surface area contributed by atoms with Gasteiger partial charge in [0.15, 0.2) is 0 Å². The van der Waals surface area contributed by atoms with Crippen LogP contribution in [0, 0.1) is 5.92 Å². The Kier molecular flexibility index (Phi) is 6.60. The molecule has 1 aliphatic rings. The van der Waals surface area contributed by atoms with Gasteiger partial charge in [0.2, 0.25) is 0 Å². The Morgan fingerprint density at radius 2 is 2.00 bits per heavy atom. The third-order valence-electron chi connectivity index (χ3n) is 4.02. The van der Waals surface area contributed by atoms with Gasteiger partial charge in [0.25, 0.3) is 0 Å². The van der Waals surface area contributed by atoms with Crippen LogP contribution in [0.15, 0.2) is 0 Å². The van der Waals surface area contributed by atoms with Crippen LogP contribution in [0.3, 0.4) is 0 Å². The number of halogens is 3. The van der Waals surface area contributed by atoms with Crippen LogP contribution in [-0.4, -0.2) is 42.8 Å². The molecule has 5 heteroatoms. The zero-order valence-electron chi connectivity index (χ0n) is 12.3. The van der Waals surface area contributed by atoms with E-state index in [-0.39, 0.29) is 19.0 Å². The third-order valence-corrected chi connectivity index (χ3v) is 4.02. The Labute approximate surface area is 114 Å². The van der Waals surface area contributed by atoms with E-state index in [1.807, 2.05) is 11.8 Å². The Morgan fingerprint density at radius 3 is 2.58 bits per heavy atom. The number of rotatable bonds is 6. The molecule has 2 nitrogen and oxygen atoms in total. The molecule has 1 saturated heterocycles. The zero-order chi connectivity index (χ0) is 14.5. The van der Waals surface area contributed by atoms with Crippen molar-refractivity contribution < 1.29 is 13.2 Å². The minimum Gasteiger partial charge on any atom is -0.313 e. The van der Waals surface area contributed by atoms with Gasteiger partial charge in [0.1, 0.15) is 0 Å². The molecule has 1 N–H and O–H groups in total. The lowest BCUT2D eigenvalue weighted by molar-refractivity contribution is -0.188. The summed E-state index contributed by atoms with van der Waals surface area (Å²) in [5.74, 6) is -1.14. The van der Waals surface area contributed by atoms with Crippen molar-refractivity contribution in [3.05, 3.63) is 0 Å². The van der Waals surface area contributed by atoms with Crippen molar-refractivity contribution in [2.24, 2.45) is 5.92 Å². The molecule has 0 saturated carbocycles. The lowest BCUT2D eigenvalue weighted by atomic mass is 9.96. The summed E-state index contributed by atoms with van der Waals surface area (Å²) in [7, 11) is 0. The van der Waals surface area contributed by atoms with E-state index in [2.05, 4.69) is 19.2 Å². The van der Waals surface area contributed by atoms with Gasteiger partial charge in [-0.15, -0.1) is 0 Å². The van der Waals surface area contributed by atoms with Crippen LogP contribution >= 0.6 is 0 Å². The molecular weight excluding hydrogens is 253 g/mol. The van der Waals surface area contributed by atoms with Gasteiger partial charge in [-0.2, -0.15) is 13.2 Å². The van der Waals surface area contributed by atoms with Crippen molar-refractivity contribution in [2.75, 3.05) is 19.6 Å². The number of nitrogens with zero attached hydrogens (tertiary/aromatic N) is 1. The molecular formula is C14H27F3N2. The van der Waals surface area contributed by atoms with Crippen LogP contribution in [0.1, 0.15) is 46.5 Å². The van der Waals surface area contributed by atoms with E-state index in [1.165, 1.54) is 0 Å². The number of alkyl halides is 3. The van der Waals surface area contributed by atoms with E-state index in [0.717, 1.165) is 25.9 Å². The van der Waals surface area contributed by atoms with Crippen LogP contribution in [0.25, 0.3) is 0 Å². The highest BCUT2D eigenvalue weighted by atomic mass is 19.4. The topological polar surface area (TPSA) is 15.3 Å². The van der Waals surface area contributed by atoms with Gasteiger partial charge < -0.3 is 5.32 Å². The molecule has 0 aliphatic carbocycles. The maximum absolute atomic E-state index is 12.8. The molecule has 1 fully saturated rings. The lowest BCUT2D eigenvalue weighted by Crippen LogP contribution is -2.49. The standard InChI is InChI=1S/C14H27F3N2/c1-4-6-11(2)18-9-12(3)19-8-5-7-13(10-19)14(15,16)17/h11-13,18H,4-10H2,1-3H3. The molecule has 1 heterocycles. The van der Waals surface area contributed by atoms with Gasteiger partial charge in [-0.25, -0.2) is 0 Å². The first-order valence-electron chi connectivity index (χ1n) is 7.38. The Hall–Kier alpha value is -0.290. The molecule has 0 amide bonds. The van der Waals surface area contributed by atoms with Crippen molar-refractivity contribution in [2.45, 2.75) is 64.7 Å². The molecule has 19 heavy (non-hydrogen) atoms. The highest BCUT2D eigenvalue weighted by Gasteiger charge is 2.42. The molecule has 1 rings (SSSR count).